The van der Waals surface area contributed by atoms with Crippen LogP contribution in [0.2, 0.25) is 0 Å². The van der Waals surface area contributed by atoms with Gasteiger partial charge in [0.1, 0.15) is 0 Å². The number of rotatable bonds is 5. The Morgan fingerprint density at radius 2 is 2.05 bits per heavy atom. The lowest BCUT2D eigenvalue weighted by molar-refractivity contribution is -0.137. The van der Waals surface area contributed by atoms with E-state index in [0.29, 0.717) is 23.8 Å². The van der Waals surface area contributed by atoms with Crippen LogP contribution in [-0.2, 0) is 12.6 Å². The summed E-state index contributed by atoms with van der Waals surface area (Å²) in [5.74, 6) is 6.59. The molecule has 0 saturated heterocycles. The van der Waals surface area contributed by atoms with Gasteiger partial charge in [-0.25, -0.2) is 0 Å². The molecule has 5 heteroatoms. The van der Waals surface area contributed by atoms with Gasteiger partial charge in [-0.2, -0.15) is 13.2 Å². The Morgan fingerprint density at radius 1 is 1.37 bits per heavy atom. The second kappa shape index (κ2) is 5.51. The highest BCUT2D eigenvalue weighted by atomic mass is 19.4. The maximum atomic E-state index is 12.6. The van der Waals surface area contributed by atoms with Crippen LogP contribution in [0.25, 0.3) is 0 Å². The first-order chi connectivity index (χ1) is 8.91. The van der Waals surface area contributed by atoms with E-state index in [1.54, 1.807) is 6.07 Å². The Morgan fingerprint density at radius 3 is 2.58 bits per heavy atom. The minimum Gasteiger partial charge on any atom is -0.271 e. The van der Waals surface area contributed by atoms with Crippen LogP contribution in [0.3, 0.4) is 0 Å². The van der Waals surface area contributed by atoms with Crippen molar-refractivity contribution in [2.75, 3.05) is 0 Å². The van der Waals surface area contributed by atoms with Crippen molar-refractivity contribution in [2.45, 2.75) is 38.4 Å². The smallest absolute Gasteiger partial charge is 0.271 e. The molecular weight excluding hydrogens is 253 g/mol. The van der Waals surface area contributed by atoms with E-state index >= 15 is 0 Å². The molecule has 1 aromatic carbocycles. The molecule has 0 aromatic heterocycles. The van der Waals surface area contributed by atoms with Crippen molar-refractivity contribution in [2.24, 2.45) is 17.7 Å². The number of nitrogens with one attached hydrogen (secondary N) is 1. The lowest BCUT2D eigenvalue weighted by Gasteiger charge is -2.23. The van der Waals surface area contributed by atoms with Crippen LogP contribution < -0.4 is 11.3 Å². The van der Waals surface area contributed by atoms with Crippen molar-refractivity contribution in [1.82, 2.24) is 5.43 Å². The summed E-state index contributed by atoms with van der Waals surface area (Å²) in [6, 6.07) is 5.51. The van der Waals surface area contributed by atoms with Crippen LogP contribution in [0.5, 0.6) is 0 Å². The SMILES string of the molecule is CC(C1CC1)C(Cc1cccc(C(F)(F)F)c1)NN. The first-order valence-corrected chi connectivity index (χ1v) is 6.54. The average molecular weight is 272 g/mol. The van der Waals surface area contributed by atoms with E-state index in [0.717, 1.165) is 6.07 Å². The van der Waals surface area contributed by atoms with Gasteiger partial charge in [-0.15, -0.1) is 0 Å². The maximum Gasteiger partial charge on any atom is 0.416 e. The molecule has 0 spiro atoms. The standard InChI is InChI=1S/C14H19F3N2/c1-9(11-5-6-11)13(19-18)8-10-3-2-4-12(7-10)14(15,16)17/h2-4,7,9,11,13,19H,5-6,8,18H2,1H3. The molecule has 1 aliphatic carbocycles. The number of alkyl halides is 3. The van der Waals surface area contributed by atoms with Gasteiger partial charge in [-0.1, -0.05) is 25.1 Å². The van der Waals surface area contributed by atoms with E-state index in [1.807, 2.05) is 0 Å². The highest BCUT2D eigenvalue weighted by molar-refractivity contribution is 5.26. The van der Waals surface area contributed by atoms with Crippen LogP contribution in [0.15, 0.2) is 24.3 Å². The van der Waals surface area contributed by atoms with E-state index in [2.05, 4.69) is 12.3 Å². The monoisotopic (exact) mass is 272 g/mol. The quantitative estimate of drug-likeness (QED) is 0.638. The van der Waals surface area contributed by atoms with E-state index in [4.69, 9.17) is 5.84 Å². The van der Waals surface area contributed by atoms with Crippen LogP contribution in [0.4, 0.5) is 13.2 Å². The Kier molecular flexibility index (Phi) is 4.16. The third-order valence-corrected chi connectivity index (χ3v) is 3.92. The molecule has 2 unspecified atom stereocenters. The Bertz CT molecular complexity index is 427. The van der Waals surface area contributed by atoms with Gasteiger partial charge < -0.3 is 0 Å². The molecule has 0 aliphatic heterocycles. The van der Waals surface area contributed by atoms with Gasteiger partial charge in [0.05, 0.1) is 5.56 Å². The Balaban J connectivity index is 2.08. The van der Waals surface area contributed by atoms with E-state index < -0.39 is 11.7 Å². The lowest BCUT2D eigenvalue weighted by atomic mass is 9.91. The maximum absolute atomic E-state index is 12.6. The van der Waals surface area contributed by atoms with Crippen molar-refractivity contribution in [3.05, 3.63) is 35.4 Å². The zero-order valence-electron chi connectivity index (χ0n) is 10.9. The fourth-order valence-electron chi connectivity index (χ4n) is 2.48. The summed E-state index contributed by atoms with van der Waals surface area (Å²) >= 11 is 0. The van der Waals surface area contributed by atoms with Crippen LogP contribution in [0.1, 0.15) is 30.9 Å². The molecule has 2 rings (SSSR count). The molecule has 1 aliphatic rings. The van der Waals surface area contributed by atoms with Crippen LogP contribution >= 0.6 is 0 Å². The fraction of sp³-hybridized carbons (Fsp3) is 0.571. The number of hydrogen-bond donors (Lipinski definition) is 2. The first kappa shape index (κ1) is 14.3. The van der Waals surface area contributed by atoms with Gasteiger partial charge in [-0.3, -0.25) is 11.3 Å². The van der Waals surface area contributed by atoms with Gasteiger partial charge in [0, 0.05) is 6.04 Å². The second-order valence-corrected chi connectivity index (χ2v) is 5.37. The third kappa shape index (κ3) is 3.70. The average Bonchev–Trinajstić information content (AvgIpc) is 3.18. The summed E-state index contributed by atoms with van der Waals surface area (Å²) in [5.41, 5.74) is 2.82. The third-order valence-electron chi connectivity index (χ3n) is 3.92. The molecule has 0 radical (unpaired) electrons. The summed E-state index contributed by atoms with van der Waals surface area (Å²) in [5, 5.41) is 0. The minimum atomic E-state index is -4.29. The molecule has 1 saturated carbocycles. The highest BCUT2D eigenvalue weighted by Gasteiger charge is 2.34. The highest BCUT2D eigenvalue weighted by Crippen LogP contribution is 2.39. The largest absolute Gasteiger partial charge is 0.416 e. The molecule has 2 nitrogen and oxygen atoms in total. The van der Waals surface area contributed by atoms with Gasteiger partial charge in [0.15, 0.2) is 0 Å². The van der Waals surface area contributed by atoms with E-state index in [-0.39, 0.29) is 6.04 Å². The van der Waals surface area contributed by atoms with Crippen molar-refractivity contribution in [3.8, 4) is 0 Å². The van der Waals surface area contributed by atoms with Crippen molar-refractivity contribution >= 4 is 0 Å². The van der Waals surface area contributed by atoms with Crippen LogP contribution in [0, 0.1) is 11.8 Å². The molecule has 0 bridgehead atoms. The number of hydrogen-bond acceptors (Lipinski definition) is 2. The first-order valence-electron chi connectivity index (χ1n) is 6.54. The molecule has 1 aromatic rings. The molecule has 19 heavy (non-hydrogen) atoms. The number of halogens is 3. The van der Waals surface area contributed by atoms with Crippen molar-refractivity contribution in [1.29, 1.82) is 0 Å². The normalized spacial score (nSPS) is 19.2. The number of hydrazine groups is 1. The van der Waals surface area contributed by atoms with E-state index in [1.165, 1.54) is 25.0 Å². The molecule has 106 valence electrons. The predicted molar refractivity (Wildman–Crippen MR) is 68.1 cm³/mol. The van der Waals surface area contributed by atoms with Gasteiger partial charge in [-0.05, 0) is 42.7 Å². The van der Waals surface area contributed by atoms with Gasteiger partial charge in [0.2, 0.25) is 0 Å². The fourth-order valence-corrected chi connectivity index (χ4v) is 2.48. The zero-order chi connectivity index (χ0) is 14.0. The van der Waals surface area contributed by atoms with Crippen LogP contribution in [-0.4, -0.2) is 6.04 Å². The topological polar surface area (TPSA) is 38.0 Å². The zero-order valence-corrected chi connectivity index (χ0v) is 10.9. The molecule has 2 atom stereocenters. The van der Waals surface area contributed by atoms with E-state index in [9.17, 15) is 13.2 Å². The molecule has 1 fully saturated rings. The molecular formula is C14H19F3N2. The van der Waals surface area contributed by atoms with Crippen molar-refractivity contribution < 1.29 is 13.2 Å². The summed E-state index contributed by atoms with van der Waals surface area (Å²) in [6.07, 6.45) is -1.37. The number of benzene rings is 1. The summed E-state index contributed by atoms with van der Waals surface area (Å²) in [4.78, 5) is 0. The molecule has 0 amide bonds. The second-order valence-electron chi connectivity index (χ2n) is 5.37. The molecule has 0 heterocycles. The summed E-state index contributed by atoms with van der Waals surface area (Å²) < 4.78 is 37.9. The Hall–Kier alpha value is -1.07. The lowest BCUT2D eigenvalue weighted by Crippen LogP contribution is -2.42. The summed E-state index contributed by atoms with van der Waals surface area (Å²) in [6.45, 7) is 2.11. The number of nitrogens with two attached hydrogens (primary N) is 1. The Labute approximate surface area is 111 Å². The molecule has 3 N–H and O–H groups in total. The predicted octanol–water partition coefficient (Wildman–Crippen LogP) is 3.13. The van der Waals surface area contributed by atoms with Gasteiger partial charge in [0.25, 0.3) is 0 Å². The summed E-state index contributed by atoms with van der Waals surface area (Å²) in [7, 11) is 0. The minimum absolute atomic E-state index is 0.0241. The van der Waals surface area contributed by atoms with Crippen molar-refractivity contribution in [3.63, 3.8) is 0 Å². The van der Waals surface area contributed by atoms with Gasteiger partial charge >= 0.3 is 6.18 Å².